The van der Waals surface area contributed by atoms with Crippen LogP contribution in [0, 0.1) is 19.7 Å². The molecule has 2 aromatic carbocycles. The van der Waals surface area contributed by atoms with Crippen LogP contribution < -0.4 is 5.73 Å². The Labute approximate surface area is 184 Å². The highest BCUT2D eigenvalue weighted by Gasteiger charge is 2.23. The van der Waals surface area contributed by atoms with Crippen molar-refractivity contribution in [2.75, 3.05) is 6.54 Å². The summed E-state index contributed by atoms with van der Waals surface area (Å²) in [5.41, 5.74) is 7.84. The lowest BCUT2D eigenvalue weighted by atomic mass is 10.1. The summed E-state index contributed by atoms with van der Waals surface area (Å²) in [6.07, 6.45) is 0.0135. The van der Waals surface area contributed by atoms with E-state index in [1.165, 1.54) is 28.4 Å². The average Bonchev–Trinajstić information content (AvgIpc) is 3.02. The van der Waals surface area contributed by atoms with E-state index in [0.29, 0.717) is 21.6 Å². The highest BCUT2D eigenvalue weighted by atomic mass is 32.1. The van der Waals surface area contributed by atoms with E-state index in [4.69, 9.17) is 5.73 Å². The number of carbonyl (C=O) groups is 3. The summed E-state index contributed by atoms with van der Waals surface area (Å²) in [7, 11) is 0. The maximum Gasteiger partial charge on any atom is 0.254 e. The molecule has 0 aliphatic rings. The molecule has 0 saturated heterocycles. The number of rotatable bonds is 8. The van der Waals surface area contributed by atoms with Gasteiger partial charge in [-0.15, -0.1) is 11.3 Å². The number of hydrogen-bond donors (Lipinski definition) is 1. The lowest BCUT2D eigenvalue weighted by Gasteiger charge is -2.22. The lowest BCUT2D eigenvalue weighted by molar-refractivity contribution is -0.119. The Morgan fingerprint density at radius 2 is 1.65 bits per heavy atom. The molecule has 0 fully saturated rings. The van der Waals surface area contributed by atoms with Crippen molar-refractivity contribution in [3.05, 3.63) is 92.4 Å². The van der Waals surface area contributed by atoms with Gasteiger partial charge in [0.15, 0.2) is 5.78 Å². The Bertz CT molecular complexity index is 1110. The van der Waals surface area contributed by atoms with Gasteiger partial charge in [0, 0.05) is 28.3 Å². The van der Waals surface area contributed by atoms with E-state index in [1.807, 2.05) is 6.92 Å². The number of hydrogen-bond acceptors (Lipinski definition) is 4. The molecule has 0 atom stereocenters. The van der Waals surface area contributed by atoms with E-state index >= 15 is 0 Å². The van der Waals surface area contributed by atoms with Crippen molar-refractivity contribution in [2.24, 2.45) is 5.73 Å². The van der Waals surface area contributed by atoms with Crippen LogP contribution in [0.1, 0.15) is 41.6 Å². The number of aryl methyl sites for hydroxylation is 1. The number of Topliss-reactive ketones (excluding diaryl/α,β-unsaturated/α-hetero) is 1. The maximum atomic E-state index is 13.3. The molecule has 7 heteroatoms. The molecule has 3 rings (SSSR count). The fourth-order valence-electron chi connectivity index (χ4n) is 3.37. The smallest absolute Gasteiger partial charge is 0.254 e. The Morgan fingerprint density at radius 1 is 1.00 bits per heavy atom. The zero-order valence-corrected chi connectivity index (χ0v) is 18.2. The molecule has 0 unspecified atom stereocenters. The first kappa shape index (κ1) is 22.4. The molecule has 0 aliphatic carbocycles. The van der Waals surface area contributed by atoms with E-state index in [-0.39, 0.29) is 37.0 Å². The van der Waals surface area contributed by atoms with Crippen LogP contribution in [0.5, 0.6) is 0 Å². The predicted octanol–water partition coefficient (Wildman–Crippen LogP) is 4.06. The molecule has 3 aromatic rings. The predicted molar refractivity (Wildman–Crippen MR) is 119 cm³/mol. The van der Waals surface area contributed by atoms with Crippen molar-refractivity contribution in [2.45, 2.75) is 26.8 Å². The Balaban J connectivity index is 1.83. The topological polar surface area (TPSA) is 80.5 Å². The summed E-state index contributed by atoms with van der Waals surface area (Å²) in [4.78, 5) is 40.8. The zero-order valence-electron chi connectivity index (χ0n) is 17.4. The van der Waals surface area contributed by atoms with Crippen LogP contribution in [-0.4, -0.2) is 29.0 Å². The molecule has 2 N–H and O–H groups in total. The van der Waals surface area contributed by atoms with Gasteiger partial charge in [-0.2, -0.15) is 0 Å². The first-order valence-corrected chi connectivity index (χ1v) is 10.6. The molecule has 0 radical (unpaired) electrons. The van der Waals surface area contributed by atoms with Gasteiger partial charge in [0.05, 0.1) is 12.1 Å². The van der Waals surface area contributed by atoms with Gasteiger partial charge in [0.2, 0.25) is 5.91 Å². The first-order chi connectivity index (χ1) is 14.8. The number of benzene rings is 2. The van der Waals surface area contributed by atoms with Crippen molar-refractivity contribution in [3.8, 4) is 0 Å². The minimum Gasteiger partial charge on any atom is -0.366 e. The number of carbonyl (C=O) groups excluding carboxylic acids is 3. The lowest BCUT2D eigenvalue weighted by Crippen LogP contribution is -2.36. The van der Waals surface area contributed by atoms with Crippen molar-refractivity contribution in [3.63, 3.8) is 0 Å². The van der Waals surface area contributed by atoms with Crippen LogP contribution in [0.3, 0.4) is 0 Å². The molecular weight excluding hydrogens is 415 g/mol. The third-order valence-electron chi connectivity index (χ3n) is 5.02. The molecule has 0 saturated carbocycles. The number of halogens is 1. The van der Waals surface area contributed by atoms with Gasteiger partial charge in [0.25, 0.3) is 5.91 Å². The third kappa shape index (κ3) is 5.44. The first-order valence-electron chi connectivity index (χ1n) is 9.75. The number of primary amides is 1. The zero-order chi connectivity index (χ0) is 22.5. The van der Waals surface area contributed by atoms with Crippen molar-refractivity contribution in [1.29, 1.82) is 0 Å². The van der Waals surface area contributed by atoms with E-state index in [2.05, 4.69) is 0 Å². The van der Waals surface area contributed by atoms with Crippen LogP contribution in [0.4, 0.5) is 4.39 Å². The van der Waals surface area contributed by atoms with Gasteiger partial charge in [0.1, 0.15) is 5.82 Å². The fraction of sp³-hybridized carbons (Fsp3) is 0.208. The summed E-state index contributed by atoms with van der Waals surface area (Å²) in [5.74, 6) is -1.45. The molecule has 0 bridgehead atoms. The monoisotopic (exact) mass is 438 g/mol. The highest BCUT2D eigenvalue weighted by Crippen LogP contribution is 2.28. The Kier molecular flexibility index (Phi) is 6.97. The standard InChI is InChI=1S/C24H23FN2O3S/c1-15-16(2)31-21(22(15)23(26)29)12-20(28)14-27(13-17-8-10-19(25)11-9-17)24(30)18-6-4-3-5-7-18/h3-11H,12-14H2,1-2H3,(H2,26,29). The van der Waals surface area contributed by atoms with E-state index in [9.17, 15) is 18.8 Å². The van der Waals surface area contributed by atoms with Crippen molar-refractivity contribution < 1.29 is 18.8 Å². The second kappa shape index (κ2) is 9.66. The van der Waals surface area contributed by atoms with Gasteiger partial charge in [-0.05, 0) is 49.2 Å². The van der Waals surface area contributed by atoms with Crippen LogP contribution in [0.2, 0.25) is 0 Å². The number of nitrogens with two attached hydrogens (primary N) is 1. The summed E-state index contributed by atoms with van der Waals surface area (Å²) >= 11 is 1.37. The second-order valence-electron chi connectivity index (χ2n) is 7.31. The molecule has 1 aromatic heterocycles. The van der Waals surface area contributed by atoms with Crippen molar-refractivity contribution >= 4 is 28.9 Å². The molecule has 1 heterocycles. The van der Waals surface area contributed by atoms with Gasteiger partial charge in [-0.3, -0.25) is 14.4 Å². The molecular formula is C24H23FN2O3S. The van der Waals surface area contributed by atoms with E-state index < -0.39 is 5.91 Å². The molecule has 2 amide bonds. The minimum absolute atomic E-state index is 0.0135. The summed E-state index contributed by atoms with van der Waals surface area (Å²) in [5, 5.41) is 0. The van der Waals surface area contributed by atoms with Crippen LogP contribution in [0.25, 0.3) is 0 Å². The van der Waals surface area contributed by atoms with Crippen LogP contribution in [0.15, 0.2) is 54.6 Å². The number of nitrogens with zero attached hydrogens (tertiary/aromatic N) is 1. The van der Waals surface area contributed by atoms with Crippen LogP contribution in [-0.2, 0) is 17.8 Å². The highest BCUT2D eigenvalue weighted by molar-refractivity contribution is 7.12. The quantitative estimate of drug-likeness (QED) is 0.576. The van der Waals surface area contributed by atoms with Gasteiger partial charge in [-0.1, -0.05) is 30.3 Å². The fourth-order valence-corrected chi connectivity index (χ4v) is 4.58. The SMILES string of the molecule is Cc1sc(CC(=O)CN(Cc2ccc(F)cc2)C(=O)c2ccccc2)c(C(N)=O)c1C. The molecule has 0 spiro atoms. The van der Waals surface area contributed by atoms with Crippen LogP contribution >= 0.6 is 11.3 Å². The third-order valence-corrected chi connectivity index (χ3v) is 6.23. The normalized spacial score (nSPS) is 10.7. The molecule has 0 aliphatic heterocycles. The Morgan fingerprint density at radius 3 is 2.26 bits per heavy atom. The largest absolute Gasteiger partial charge is 0.366 e. The number of amides is 2. The van der Waals surface area contributed by atoms with E-state index in [1.54, 1.807) is 49.4 Å². The molecule has 31 heavy (non-hydrogen) atoms. The minimum atomic E-state index is -0.562. The summed E-state index contributed by atoms with van der Waals surface area (Å²) in [6.45, 7) is 3.70. The molecule has 160 valence electrons. The number of thiophene rings is 1. The van der Waals surface area contributed by atoms with E-state index in [0.717, 1.165) is 10.4 Å². The maximum absolute atomic E-state index is 13.3. The Hall–Kier alpha value is -3.32. The van der Waals surface area contributed by atoms with Gasteiger partial charge >= 0.3 is 0 Å². The number of ketones is 1. The molecule has 5 nitrogen and oxygen atoms in total. The summed E-state index contributed by atoms with van der Waals surface area (Å²) < 4.78 is 13.3. The van der Waals surface area contributed by atoms with Gasteiger partial charge < -0.3 is 10.6 Å². The average molecular weight is 439 g/mol. The van der Waals surface area contributed by atoms with Gasteiger partial charge in [-0.25, -0.2) is 4.39 Å². The summed E-state index contributed by atoms with van der Waals surface area (Å²) in [6, 6.07) is 14.5. The second-order valence-corrected chi connectivity index (χ2v) is 8.62. The van der Waals surface area contributed by atoms with Crippen molar-refractivity contribution in [1.82, 2.24) is 4.90 Å².